The number of nitrogens with one attached hydrogen (secondary N) is 2. The molecule has 1 fully saturated rings. The number of rotatable bonds is 11. The fourth-order valence-corrected chi connectivity index (χ4v) is 3.07. The van der Waals surface area contributed by atoms with Crippen LogP contribution in [0.15, 0.2) is 23.3 Å². The van der Waals surface area contributed by atoms with Crippen LogP contribution in [0.1, 0.15) is 44.1 Å². The van der Waals surface area contributed by atoms with Crippen LogP contribution < -0.4 is 15.4 Å². The van der Waals surface area contributed by atoms with E-state index in [-0.39, 0.29) is 0 Å². The first-order valence-corrected chi connectivity index (χ1v) is 9.95. The molecular formula is C20H34N4O3. The Morgan fingerprint density at radius 1 is 1.19 bits per heavy atom. The van der Waals surface area contributed by atoms with Crippen LogP contribution >= 0.6 is 0 Å². The molecule has 0 unspecified atom stereocenters. The average Bonchev–Trinajstić information content (AvgIpc) is 2.72. The Morgan fingerprint density at radius 3 is 2.81 bits per heavy atom. The highest BCUT2D eigenvalue weighted by Crippen LogP contribution is 2.20. The van der Waals surface area contributed by atoms with Gasteiger partial charge in [-0.3, -0.25) is 4.99 Å². The van der Waals surface area contributed by atoms with Crippen molar-refractivity contribution >= 4 is 5.96 Å². The van der Waals surface area contributed by atoms with E-state index in [2.05, 4.69) is 20.6 Å². The van der Waals surface area contributed by atoms with Crippen LogP contribution in [0.5, 0.6) is 5.88 Å². The minimum Gasteiger partial charge on any atom is -0.475 e. The molecule has 1 heterocycles. The Morgan fingerprint density at radius 2 is 2.04 bits per heavy atom. The second-order valence-corrected chi connectivity index (χ2v) is 6.65. The third-order valence-corrected chi connectivity index (χ3v) is 4.57. The zero-order chi connectivity index (χ0) is 19.2. The number of pyridine rings is 1. The quantitative estimate of drug-likeness (QED) is 0.350. The summed E-state index contributed by atoms with van der Waals surface area (Å²) in [6.45, 7) is 3.24. The molecule has 7 nitrogen and oxygen atoms in total. The Kier molecular flexibility index (Phi) is 10.6. The van der Waals surface area contributed by atoms with Gasteiger partial charge >= 0.3 is 0 Å². The van der Waals surface area contributed by atoms with Crippen molar-refractivity contribution in [2.45, 2.75) is 51.2 Å². The number of aromatic nitrogens is 1. The van der Waals surface area contributed by atoms with Gasteiger partial charge in [0.1, 0.15) is 6.61 Å². The third kappa shape index (κ3) is 8.58. The van der Waals surface area contributed by atoms with Crippen LogP contribution in [-0.2, 0) is 16.0 Å². The minimum atomic E-state index is 0.471. The number of methoxy groups -OCH3 is 1. The molecule has 0 radical (unpaired) electrons. The fourth-order valence-electron chi connectivity index (χ4n) is 3.07. The van der Waals surface area contributed by atoms with Gasteiger partial charge in [0.2, 0.25) is 5.88 Å². The number of nitrogens with zero attached hydrogens (tertiary/aromatic N) is 2. The molecule has 0 saturated heterocycles. The Bertz CT molecular complexity index is 548. The Balaban J connectivity index is 1.65. The first-order chi connectivity index (χ1) is 13.3. The number of hydrogen-bond acceptors (Lipinski definition) is 5. The predicted octanol–water partition coefficient (Wildman–Crippen LogP) is 2.51. The summed E-state index contributed by atoms with van der Waals surface area (Å²) in [5.41, 5.74) is 0.984. The molecule has 152 valence electrons. The van der Waals surface area contributed by atoms with E-state index in [4.69, 9.17) is 14.2 Å². The molecule has 1 aliphatic carbocycles. The van der Waals surface area contributed by atoms with E-state index in [9.17, 15) is 0 Å². The molecular weight excluding hydrogens is 344 g/mol. The maximum atomic E-state index is 5.95. The molecule has 27 heavy (non-hydrogen) atoms. The van der Waals surface area contributed by atoms with E-state index >= 15 is 0 Å². The molecule has 0 aromatic carbocycles. The highest BCUT2D eigenvalue weighted by Gasteiger charge is 2.13. The lowest BCUT2D eigenvalue weighted by Crippen LogP contribution is -2.37. The molecule has 1 aliphatic rings. The molecule has 1 aromatic rings. The maximum absolute atomic E-state index is 5.95. The van der Waals surface area contributed by atoms with Crippen LogP contribution in [0, 0.1) is 0 Å². The molecule has 2 N–H and O–H groups in total. The number of hydrogen-bond donors (Lipinski definition) is 2. The predicted molar refractivity (Wildman–Crippen MR) is 107 cm³/mol. The van der Waals surface area contributed by atoms with E-state index < -0.39 is 0 Å². The summed E-state index contributed by atoms with van der Waals surface area (Å²) in [5.74, 6) is 1.39. The normalized spacial score (nSPS) is 15.6. The smallest absolute Gasteiger partial charge is 0.218 e. The Labute approximate surface area is 162 Å². The van der Waals surface area contributed by atoms with E-state index in [1.54, 1.807) is 20.4 Å². The van der Waals surface area contributed by atoms with Gasteiger partial charge < -0.3 is 24.8 Å². The van der Waals surface area contributed by atoms with Crippen molar-refractivity contribution in [1.82, 2.24) is 15.6 Å². The largest absolute Gasteiger partial charge is 0.475 e. The Hall–Kier alpha value is -1.86. The molecule has 0 amide bonds. The summed E-state index contributed by atoms with van der Waals surface area (Å²) < 4.78 is 16.6. The molecule has 0 bridgehead atoms. The van der Waals surface area contributed by atoms with Crippen LogP contribution in [0.4, 0.5) is 0 Å². The van der Waals surface area contributed by atoms with Gasteiger partial charge in [-0.2, -0.15) is 0 Å². The lowest BCUT2D eigenvalue weighted by molar-refractivity contribution is 0.0277. The highest BCUT2D eigenvalue weighted by atomic mass is 16.5. The monoisotopic (exact) mass is 378 g/mol. The van der Waals surface area contributed by atoms with Crippen LogP contribution in [0.3, 0.4) is 0 Å². The van der Waals surface area contributed by atoms with E-state index in [1.807, 2.05) is 12.1 Å². The second-order valence-electron chi connectivity index (χ2n) is 6.65. The van der Waals surface area contributed by atoms with Gasteiger partial charge in [0.25, 0.3) is 0 Å². The number of guanidine groups is 1. The summed E-state index contributed by atoms with van der Waals surface area (Å²) in [5, 5.41) is 6.63. The van der Waals surface area contributed by atoms with Crippen LogP contribution in [0.25, 0.3) is 0 Å². The summed E-state index contributed by atoms with van der Waals surface area (Å²) in [6.07, 6.45) is 9.58. The first-order valence-electron chi connectivity index (χ1n) is 9.95. The minimum absolute atomic E-state index is 0.471. The van der Waals surface area contributed by atoms with Gasteiger partial charge in [0.15, 0.2) is 5.96 Å². The van der Waals surface area contributed by atoms with Crippen molar-refractivity contribution in [3.05, 3.63) is 23.9 Å². The van der Waals surface area contributed by atoms with Gasteiger partial charge in [0, 0.05) is 45.6 Å². The summed E-state index contributed by atoms with van der Waals surface area (Å²) >= 11 is 0. The second kappa shape index (κ2) is 13.3. The summed E-state index contributed by atoms with van der Waals surface area (Å²) in [6, 6.07) is 3.90. The van der Waals surface area contributed by atoms with Gasteiger partial charge in [0.05, 0.1) is 12.7 Å². The van der Waals surface area contributed by atoms with Crippen molar-refractivity contribution in [3.8, 4) is 5.88 Å². The van der Waals surface area contributed by atoms with Gasteiger partial charge in [-0.15, -0.1) is 0 Å². The van der Waals surface area contributed by atoms with Crippen LogP contribution in [-0.4, -0.2) is 57.6 Å². The van der Waals surface area contributed by atoms with Crippen molar-refractivity contribution in [2.75, 3.05) is 40.5 Å². The standard InChI is InChI=1S/C20H34N4O3/c1-21-20(23-12-7-13-26-18-9-4-3-5-10-18)24-16-17-8-6-11-22-19(17)27-15-14-25-2/h6,8,11,18H,3-5,7,9-10,12-16H2,1-2H3,(H2,21,23,24). The lowest BCUT2D eigenvalue weighted by Gasteiger charge is -2.22. The number of aliphatic imine (C=N–C) groups is 1. The van der Waals surface area contributed by atoms with Crippen molar-refractivity contribution in [2.24, 2.45) is 4.99 Å². The molecule has 0 atom stereocenters. The fraction of sp³-hybridized carbons (Fsp3) is 0.700. The van der Waals surface area contributed by atoms with E-state index in [1.165, 1.54) is 32.1 Å². The molecule has 1 aromatic heterocycles. The highest BCUT2D eigenvalue weighted by molar-refractivity contribution is 5.79. The maximum Gasteiger partial charge on any atom is 0.218 e. The van der Waals surface area contributed by atoms with E-state index in [0.717, 1.165) is 31.1 Å². The average molecular weight is 379 g/mol. The topological polar surface area (TPSA) is 77.0 Å². The van der Waals surface area contributed by atoms with Crippen molar-refractivity contribution in [3.63, 3.8) is 0 Å². The first kappa shape index (κ1) is 21.4. The summed E-state index contributed by atoms with van der Waals surface area (Å²) in [4.78, 5) is 8.56. The van der Waals surface area contributed by atoms with Gasteiger partial charge in [-0.25, -0.2) is 4.98 Å². The zero-order valence-corrected chi connectivity index (χ0v) is 16.7. The number of ether oxygens (including phenoxy) is 3. The zero-order valence-electron chi connectivity index (χ0n) is 16.7. The van der Waals surface area contributed by atoms with E-state index in [0.29, 0.717) is 31.7 Å². The van der Waals surface area contributed by atoms with Gasteiger partial charge in [-0.05, 0) is 25.3 Å². The van der Waals surface area contributed by atoms with Crippen molar-refractivity contribution in [1.29, 1.82) is 0 Å². The molecule has 1 saturated carbocycles. The third-order valence-electron chi connectivity index (χ3n) is 4.57. The lowest BCUT2D eigenvalue weighted by atomic mass is 9.98. The molecule has 7 heteroatoms. The van der Waals surface area contributed by atoms with Gasteiger partial charge in [-0.1, -0.05) is 25.3 Å². The SMILES string of the molecule is CN=C(NCCCOC1CCCCC1)NCc1cccnc1OCCOC. The molecule has 0 aliphatic heterocycles. The van der Waals surface area contributed by atoms with Crippen molar-refractivity contribution < 1.29 is 14.2 Å². The summed E-state index contributed by atoms with van der Waals surface area (Å²) in [7, 11) is 3.42. The van der Waals surface area contributed by atoms with Crippen LogP contribution in [0.2, 0.25) is 0 Å². The molecule has 0 spiro atoms. The molecule has 2 rings (SSSR count).